The van der Waals surface area contributed by atoms with Gasteiger partial charge in [-0.1, -0.05) is 81.8 Å². The molecular formula is C33H39BrN2. The number of hydrogen-bond acceptors (Lipinski definition) is 1. The van der Waals surface area contributed by atoms with Crippen molar-refractivity contribution < 1.29 is 0 Å². The Hall–Kier alpha value is -2.13. The zero-order valence-corrected chi connectivity index (χ0v) is 23.3. The number of rotatable bonds is 6. The van der Waals surface area contributed by atoms with E-state index in [0.717, 1.165) is 25.2 Å². The Morgan fingerprint density at radius 2 is 1.58 bits per heavy atom. The van der Waals surface area contributed by atoms with Crippen LogP contribution in [-0.2, 0) is 19.3 Å². The molecule has 3 aromatic carbocycles. The molecule has 6 rings (SSSR count). The summed E-state index contributed by atoms with van der Waals surface area (Å²) >= 11 is 3.88. The average Bonchev–Trinajstić information content (AvgIpc) is 3.31. The highest BCUT2D eigenvalue weighted by Crippen LogP contribution is 2.37. The normalized spacial score (nSPS) is 17.8. The van der Waals surface area contributed by atoms with E-state index in [1.54, 1.807) is 5.56 Å². The third-order valence-corrected chi connectivity index (χ3v) is 9.90. The van der Waals surface area contributed by atoms with Crippen molar-refractivity contribution in [3.05, 3.63) is 75.5 Å². The largest absolute Gasteiger partial charge is 0.325 e. The summed E-state index contributed by atoms with van der Waals surface area (Å²) in [5, 5.41) is 2.71. The van der Waals surface area contributed by atoms with Crippen LogP contribution >= 0.6 is 15.9 Å². The summed E-state index contributed by atoms with van der Waals surface area (Å²) in [6, 6.07) is 19.3. The maximum absolute atomic E-state index is 5.27. The first-order chi connectivity index (χ1) is 17.7. The third-order valence-electron chi connectivity index (χ3n) is 8.97. The zero-order chi connectivity index (χ0) is 24.5. The summed E-state index contributed by atoms with van der Waals surface area (Å²) in [6.45, 7) is 2.23. The van der Waals surface area contributed by atoms with Crippen molar-refractivity contribution in [3.8, 4) is 0 Å². The summed E-state index contributed by atoms with van der Waals surface area (Å²) in [4.78, 5) is 5.27. The van der Waals surface area contributed by atoms with Gasteiger partial charge in [-0.3, -0.25) is 0 Å². The maximum Gasteiger partial charge on any atom is 0.110 e. The highest BCUT2D eigenvalue weighted by atomic mass is 79.9. The van der Waals surface area contributed by atoms with E-state index >= 15 is 0 Å². The number of nitrogens with zero attached hydrogens (tertiary/aromatic N) is 2. The first kappa shape index (κ1) is 24.2. The monoisotopic (exact) mass is 542 g/mol. The minimum Gasteiger partial charge on any atom is -0.325 e. The molecule has 0 saturated heterocycles. The lowest BCUT2D eigenvalue weighted by Gasteiger charge is -2.26. The Morgan fingerprint density at radius 1 is 0.806 bits per heavy atom. The second-order valence-electron chi connectivity index (χ2n) is 11.2. The van der Waals surface area contributed by atoms with Crippen molar-refractivity contribution >= 4 is 37.7 Å². The minimum absolute atomic E-state index is 0.606. The molecule has 0 aliphatic heterocycles. The molecule has 0 amide bonds. The highest BCUT2D eigenvalue weighted by molar-refractivity contribution is 9.10. The molecule has 2 aliphatic carbocycles. The molecule has 0 spiro atoms. The van der Waals surface area contributed by atoms with Crippen molar-refractivity contribution in [1.29, 1.82) is 0 Å². The van der Waals surface area contributed by atoms with Gasteiger partial charge in [-0.2, -0.15) is 0 Å². The summed E-state index contributed by atoms with van der Waals surface area (Å²) in [5.41, 5.74) is 6.96. The standard InChI is InChI=1S/C33H39BrN2/c1-2-23-16-19-28-25(12-9-15-29(28)33(23)34)18-21-32-35-30-20-17-26(24-10-5-3-6-11-24)22-31(30)36(32)27-13-7-4-8-14-27/h9,12,15-17,19-20,22,24,27H,2-8,10-11,13-14,18,21H2,1H3. The molecule has 1 aromatic heterocycles. The van der Waals surface area contributed by atoms with E-state index in [-0.39, 0.29) is 0 Å². The lowest BCUT2D eigenvalue weighted by Crippen LogP contribution is -2.16. The molecule has 0 N–H and O–H groups in total. The van der Waals surface area contributed by atoms with Gasteiger partial charge >= 0.3 is 0 Å². The molecule has 0 radical (unpaired) electrons. The second-order valence-corrected chi connectivity index (χ2v) is 12.0. The van der Waals surface area contributed by atoms with Crippen molar-refractivity contribution in [2.75, 3.05) is 0 Å². The molecule has 0 unspecified atom stereocenters. The smallest absolute Gasteiger partial charge is 0.110 e. The van der Waals surface area contributed by atoms with E-state index in [1.165, 1.54) is 107 Å². The van der Waals surface area contributed by atoms with Crippen LogP contribution in [0.3, 0.4) is 0 Å². The van der Waals surface area contributed by atoms with Gasteiger partial charge in [0, 0.05) is 16.9 Å². The van der Waals surface area contributed by atoms with Crippen LogP contribution in [0.25, 0.3) is 21.8 Å². The highest BCUT2D eigenvalue weighted by Gasteiger charge is 2.23. The van der Waals surface area contributed by atoms with Crippen LogP contribution in [0.4, 0.5) is 0 Å². The fourth-order valence-electron chi connectivity index (χ4n) is 6.94. The van der Waals surface area contributed by atoms with Crippen molar-refractivity contribution in [2.24, 2.45) is 0 Å². The van der Waals surface area contributed by atoms with Gasteiger partial charge in [0.1, 0.15) is 5.82 Å². The first-order valence-corrected chi connectivity index (χ1v) is 15.2. The lowest BCUT2D eigenvalue weighted by molar-refractivity contribution is 0.352. The summed E-state index contributed by atoms with van der Waals surface area (Å²) < 4.78 is 3.94. The first-order valence-electron chi connectivity index (χ1n) is 14.4. The van der Waals surface area contributed by atoms with Gasteiger partial charge in [0.15, 0.2) is 0 Å². The number of fused-ring (bicyclic) bond motifs is 2. The quantitative estimate of drug-likeness (QED) is 0.237. The Balaban J connectivity index is 1.36. The third kappa shape index (κ3) is 4.64. The number of aryl methyl sites for hydroxylation is 3. The molecule has 2 nitrogen and oxygen atoms in total. The SMILES string of the molecule is CCc1ccc2c(CCc3nc4ccc(C5CCCCC5)cc4n3C3CCCCC3)cccc2c1Br. The topological polar surface area (TPSA) is 17.8 Å². The fourth-order valence-corrected chi connectivity index (χ4v) is 7.70. The van der Waals surface area contributed by atoms with Crippen molar-refractivity contribution in [3.63, 3.8) is 0 Å². The number of hydrogen-bond donors (Lipinski definition) is 0. The molecule has 4 aromatic rings. The van der Waals surface area contributed by atoms with Gasteiger partial charge in [0.25, 0.3) is 0 Å². The molecule has 2 saturated carbocycles. The van der Waals surface area contributed by atoms with E-state index in [0.29, 0.717) is 6.04 Å². The number of aromatic nitrogens is 2. The van der Waals surface area contributed by atoms with Crippen LogP contribution in [0.1, 0.15) is 106 Å². The van der Waals surface area contributed by atoms with E-state index in [4.69, 9.17) is 4.98 Å². The molecule has 2 aliphatic rings. The van der Waals surface area contributed by atoms with E-state index in [1.807, 2.05) is 0 Å². The maximum atomic E-state index is 5.27. The van der Waals surface area contributed by atoms with E-state index < -0.39 is 0 Å². The summed E-state index contributed by atoms with van der Waals surface area (Å²) in [6.07, 6.45) is 16.6. The number of halogens is 1. The van der Waals surface area contributed by atoms with Gasteiger partial charge in [-0.05, 0) is 100.0 Å². The van der Waals surface area contributed by atoms with Crippen molar-refractivity contribution in [2.45, 2.75) is 102 Å². The van der Waals surface area contributed by atoms with Crippen LogP contribution in [0, 0.1) is 0 Å². The molecule has 36 heavy (non-hydrogen) atoms. The van der Waals surface area contributed by atoms with Gasteiger partial charge < -0.3 is 4.57 Å². The van der Waals surface area contributed by atoms with Crippen LogP contribution < -0.4 is 0 Å². The molecule has 3 heteroatoms. The molecule has 0 bridgehead atoms. The predicted molar refractivity (Wildman–Crippen MR) is 156 cm³/mol. The zero-order valence-electron chi connectivity index (χ0n) is 21.7. The van der Waals surface area contributed by atoms with Gasteiger partial charge in [0.2, 0.25) is 0 Å². The summed E-state index contributed by atoms with van der Waals surface area (Å²) in [7, 11) is 0. The van der Waals surface area contributed by atoms with Crippen LogP contribution in [0.2, 0.25) is 0 Å². The number of imidazole rings is 1. The Kier molecular flexibility index (Phi) is 7.20. The van der Waals surface area contributed by atoms with Crippen LogP contribution in [-0.4, -0.2) is 9.55 Å². The lowest BCUT2D eigenvalue weighted by atomic mass is 9.84. The fraction of sp³-hybridized carbons (Fsp3) is 0.485. The minimum atomic E-state index is 0.606. The van der Waals surface area contributed by atoms with Crippen LogP contribution in [0.5, 0.6) is 0 Å². The average molecular weight is 544 g/mol. The van der Waals surface area contributed by atoms with E-state index in [9.17, 15) is 0 Å². The van der Waals surface area contributed by atoms with Crippen molar-refractivity contribution in [1.82, 2.24) is 9.55 Å². The molecule has 2 fully saturated rings. The molecular weight excluding hydrogens is 504 g/mol. The van der Waals surface area contributed by atoms with E-state index in [2.05, 4.69) is 76.0 Å². The van der Waals surface area contributed by atoms with Gasteiger partial charge in [-0.15, -0.1) is 0 Å². The van der Waals surface area contributed by atoms with Crippen LogP contribution in [0.15, 0.2) is 53.0 Å². The van der Waals surface area contributed by atoms with Gasteiger partial charge in [0.05, 0.1) is 11.0 Å². The Labute approximate surface area is 224 Å². The van der Waals surface area contributed by atoms with Gasteiger partial charge in [-0.25, -0.2) is 4.98 Å². The predicted octanol–water partition coefficient (Wildman–Crippen LogP) is 9.85. The molecule has 0 atom stereocenters. The number of benzene rings is 3. The molecule has 188 valence electrons. The second kappa shape index (κ2) is 10.7. The Bertz CT molecular complexity index is 1360. The Morgan fingerprint density at radius 3 is 2.36 bits per heavy atom. The summed E-state index contributed by atoms with van der Waals surface area (Å²) in [5.74, 6) is 2.03. The molecule has 1 heterocycles.